The van der Waals surface area contributed by atoms with E-state index in [0.717, 1.165) is 25.8 Å². The van der Waals surface area contributed by atoms with Crippen molar-refractivity contribution in [2.45, 2.75) is 44.1 Å². The molecule has 0 saturated heterocycles. The van der Waals surface area contributed by atoms with Gasteiger partial charge in [-0.05, 0) is 61.1 Å². The van der Waals surface area contributed by atoms with Gasteiger partial charge in [0.1, 0.15) is 5.82 Å². The number of aliphatic hydroxyl groups is 1. The van der Waals surface area contributed by atoms with E-state index in [4.69, 9.17) is 5.11 Å². The average Bonchev–Trinajstić information content (AvgIpc) is 3.10. The zero-order valence-corrected chi connectivity index (χ0v) is 11.2. The van der Waals surface area contributed by atoms with Crippen molar-refractivity contribution in [3.63, 3.8) is 0 Å². The maximum absolute atomic E-state index is 12.8. The molecule has 2 aliphatic rings. The third-order valence-electron chi connectivity index (χ3n) is 4.84. The fourth-order valence-electron chi connectivity index (χ4n) is 3.08. The molecule has 1 aromatic rings. The maximum atomic E-state index is 12.8. The fourth-order valence-corrected chi connectivity index (χ4v) is 3.08. The molecule has 0 unspecified atom stereocenters. The first kappa shape index (κ1) is 13.1. The lowest BCUT2D eigenvalue weighted by molar-refractivity contribution is 0.224. The molecule has 2 N–H and O–H groups in total. The summed E-state index contributed by atoms with van der Waals surface area (Å²) in [6, 6.07) is 7.52. The van der Waals surface area contributed by atoms with Gasteiger partial charge in [0.2, 0.25) is 0 Å². The Morgan fingerprint density at radius 1 is 1.21 bits per heavy atom. The largest absolute Gasteiger partial charge is 0.396 e. The number of hydrogen-bond donors (Lipinski definition) is 2. The number of halogens is 1. The molecule has 0 radical (unpaired) electrons. The van der Waals surface area contributed by atoms with Gasteiger partial charge in [-0.2, -0.15) is 0 Å². The van der Waals surface area contributed by atoms with E-state index in [9.17, 15) is 4.39 Å². The predicted molar refractivity (Wildman–Crippen MR) is 73.5 cm³/mol. The number of nitrogens with one attached hydrogen (secondary N) is 1. The van der Waals surface area contributed by atoms with Gasteiger partial charge >= 0.3 is 0 Å². The molecule has 0 aliphatic heterocycles. The molecule has 0 spiro atoms. The van der Waals surface area contributed by atoms with E-state index < -0.39 is 0 Å². The Hall–Kier alpha value is -0.930. The molecule has 1 aromatic carbocycles. The van der Waals surface area contributed by atoms with E-state index in [1.165, 1.54) is 18.4 Å². The van der Waals surface area contributed by atoms with Crippen LogP contribution in [0.4, 0.5) is 4.39 Å². The molecule has 3 rings (SSSR count). The fraction of sp³-hybridized carbons (Fsp3) is 0.625. The van der Waals surface area contributed by atoms with Crippen LogP contribution < -0.4 is 5.32 Å². The Morgan fingerprint density at radius 3 is 2.47 bits per heavy atom. The van der Waals surface area contributed by atoms with Crippen LogP contribution in [-0.2, 0) is 0 Å². The predicted octanol–water partition coefficient (Wildman–Crippen LogP) is 2.82. The van der Waals surface area contributed by atoms with Crippen molar-refractivity contribution >= 4 is 0 Å². The van der Waals surface area contributed by atoms with Gasteiger partial charge < -0.3 is 10.4 Å². The number of hydrogen-bond acceptors (Lipinski definition) is 2. The highest BCUT2D eigenvalue weighted by Gasteiger charge is 2.42. The van der Waals surface area contributed by atoms with E-state index >= 15 is 0 Å². The molecule has 3 heteroatoms. The van der Waals surface area contributed by atoms with E-state index in [1.54, 1.807) is 12.1 Å². The Bertz CT molecular complexity index is 421. The van der Waals surface area contributed by atoms with Crippen molar-refractivity contribution < 1.29 is 9.50 Å². The van der Waals surface area contributed by atoms with Crippen molar-refractivity contribution in [1.82, 2.24) is 5.32 Å². The first-order chi connectivity index (χ1) is 9.21. The van der Waals surface area contributed by atoms with Crippen LogP contribution in [0.3, 0.4) is 0 Å². The van der Waals surface area contributed by atoms with E-state index in [-0.39, 0.29) is 5.82 Å². The summed E-state index contributed by atoms with van der Waals surface area (Å²) in [6.45, 7) is 1.36. The molecule has 0 bridgehead atoms. The molecule has 19 heavy (non-hydrogen) atoms. The van der Waals surface area contributed by atoms with E-state index in [1.807, 2.05) is 12.1 Å². The second kappa shape index (κ2) is 5.22. The second-order valence-electron chi connectivity index (χ2n) is 6.27. The number of rotatable bonds is 6. The molecular formula is C16H22FNO. The Balaban J connectivity index is 1.42. The summed E-state index contributed by atoms with van der Waals surface area (Å²) in [7, 11) is 0. The van der Waals surface area contributed by atoms with Crippen LogP contribution in [0.2, 0.25) is 0 Å². The van der Waals surface area contributed by atoms with Crippen LogP contribution in [0.5, 0.6) is 0 Å². The lowest BCUT2D eigenvalue weighted by Gasteiger charge is -2.37. The van der Waals surface area contributed by atoms with Gasteiger partial charge in [-0.15, -0.1) is 0 Å². The van der Waals surface area contributed by atoms with Gasteiger partial charge in [-0.25, -0.2) is 4.39 Å². The first-order valence-corrected chi connectivity index (χ1v) is 7.30. The third kappa shape index (κ3) is 2.98. The highest BCUT2D eigenvalue weighted by atomic mass is 19.1. The SMILES string of the molecule is OCCC1(CNC2CC(c3ccc(F)cc3)C2)CC1. The minimum atomic E-state index is -0.155. The van der Waals surface area contributed by atoms with Crippen molar-refractivity contribution in [3.8, 4) is 0 Å². The average molecular weight is 263 g/mol. The zero-order chi connectivity index (χ0) is 13.3. The summed E-state index contributed by atoms with van der Waals surface area (Å²) in [5.74, 6) is 0.434. The molecule has 0 heterocycles. The van der Waals surface area contributed by atoms with Gasteiger partial charge in [0.05, 0.1) is 0 Å². The van der Waals surface area contributed by atoms with Crippen LogP contribution in [0.25, 0.3) is 0 Å². The topological polar surface area (TPSA) is 32.3 Å². The summed E-state index contributed by atoms with van der Waals surface area (Å²) in [4.78, 5) is 0. The Morgan fingerprint density at radius 2 is 1.89 bits per heavy atom. The molecule has 2 fully saturated rings. The van der Waals surface area contributed by atoms with Crippen molar-refractivity contribution in [1.29, 1.82) is 0 Å². The minimum absolute atomic E-state index is 0.155. The van der Waals surface area contributed by atoms with Gasteiger partial charge in [-0.1, -0.05) is 12.1 Å². The highest BCUT2D eigenvalue weighted by molar-refractivity contribution is 5.23. The van der Waals surface area contributed by atoms with Crippen LogP contribution in [0, 0.1) is 11.2 Å². The van der Waals surface area contributed by atoms with E-state index in [0.29, 0.717) is 24.0 Å². The number of aliphatic hydroxyl groups excluding tert-OH is 1. The molecule has 0 aromatic heterocycles. The lowest BCUT2D eigenvalue weighted by atomic mass is 9.75. The van der Waals surface area contributed by atoms with Crippen LogP contribution >= 0.6 is 0 Å². The maximum Gasteiger partial charge on any atom is 0.123 e. The summed E-state index contributed by atoms with van der Waals surface area (Å²) in [6.07, 6.45) is 5.76. The summed E-state index contributed by atoms with van der Waals surface area (Å²) in [5.41, 5.74) is 1.66. The molecule has 0 atom stereocenters. The zero-order valence-electron chi connectivity index (χ0n) is 11.2. The standard InChI is InChI=1S/C16H22FNO/c17-14-3-1-12(2-4-14)13-9-15(10-13)18-11-16(5-6-16)7-8-19/h1-4,13,15,18-19H,5-11H2. The van der Waals surface area contributed by atoms with Gasteiger partial charge in [0, 0.05) is 19.2 Å². The van der Waals surface area contributed by atoms with Crippen LogP contribution in [-0.4, -0.2) is 24.3 Å². The van der Waals surface area contributed by atoms with Gasteiger partial charge in [0.25, 0.3) is 0 Å². The van der Waals surface area contributed by atoms with Crippen LogP contribution in [0.1, 0.15) is 43.6 Å². The quantitative estimate of drug-likeness (QED) is 0.827. The monoisotopic (exact) mass is 263 g/mol. The smallest absolute Gasteiger partial charge is 0.123 e. The second-order valence-corrected chi connectivity index (χ2v) is 6.27. The number of benzene rings is 1. The van der Waals surface area contributed by atoms with Crippen molar-refractivity contribution in [2.24, 2.45) is 5.41 Å². The van der Waals surface area contributed by atoms with Gasteiger partial charge in [0.15, 0.2) is 0 Å². The minimum Gasteiger partial charge on any atom is -0.396 e. The lowest BCUT2D eigenvalue weighted by Crippen LogP contribution is -2.42. The summed E-state index contributed by atoms with van der Waals surface area (Å²) in [5, 5.41) is 12.7. The summed E-state index contributed by atoms with van der Waals surface area (Å²) >= 11 is 0. The molecular weight excluding hydrogens is 241 g/mol. The Kier molecular flexibility index (Phi) is 3.59. The molecule has 2 aliphatic carbocycles. The Labute approximate surface area is 114 Å². The van der Waals surface area contributed by atoms with Crippen molar-refractivity contribution in [3.05, 3.63) is 35.6 Å². The molecule has 2 saturated carbocycles. The third-order valence-corrected chi connectivity index (χ3v) is 4.84. The normalized spacial score (nSPS) is 27.9. The van der Waals surface area contributed by atoms with Gasteiger partial charge in [-0.3, -0.25) is 0 Å². The van der Waals surface area contributed by atoms with E-state index in [2.05, 4.69) is 5.32 Å². The molecule has 0 amide bonds. The molecule has 104 valence electrons. The first-order valence-electron chi connectivity index (χ1n) is 7.30. The highest BCUT2D eigenvalue weighted by Crippen LogP contribution is 2.48. The van der Waals surface area contributed by atoms with Crippen molar-refractivity contribution in [2.75, 3.05) is 13.2 Å². The van der Waals surface area contributed by atoms with Crippen LogP contribution in [0.15, 0.2) is 24.3 Å². The summed E-state index contributed by atoms with van der Waals surface area (Å²) < 4.78 is 12.8. The molecule has 2 nitrogen and oxygen atoms in total.